The zero-order valence-electron chi connectivity index (χ0n) is 20.0. The molecule has 5 aromatic carbocycles. The van der Waals surface area contributed by atoms with Gasteiger partial charge in [-0.1, -0.05) is 91.0 Å². The van der Waals surface area contributed by atoms with Crippen molar-refractivity contribution in [1.29, 1.82) is 0 Å². The fraction of sp³-hybridized carbons (Fsp3) is 0. The van der Waals surface area contributed by atoms with Gasteiger partial charge in [-0.3, -0.25) is 0 Å². The zero-order valence-corrected chi connectivity index (χ0v) is 20.8. The van der Waals surface area contributed by atoms with Crippen molar-refractivity contribution < 1.29 is 0 Å². The molecule has 0 radical (unpaired) electrons. The van der Waals surface area contributed by atoms with E-state index in [0.29, 0.717) is 0 Å². The molecule has 0 bridgehead atoms. The van der Waals surface area contributed by atoms with Crippen LogP contribution in [0, 0.1) is 0 Å². The number of hydrogen-bond acceptors (Lipinski definition) is 3. The third-order valence-corrected chi connectivity index (χ3v) is 7.96. The van der Waals surface area contributed by atoms with Gasteiger partial charge in [0.15, 0.2) is 5.82 Å². The van der Waals surface area contributed by atoms with Crippen molar-refractivity contribution in [2.45, 2.75) is 0 Å². The standard InChI is InChI=1S/C34H22N2S/c1-3-10-23(11-4-1)25-20-26(24-12-5-2-6-13-24)22-27(21-25)31-18-19-35-34(36-31)30-16-9-15-29-28-14-7-8-17-32(28)37-33(29)30/h1-22H. The van der Waals surface area contributed by atoms with Crippen LogP contribution >= 0.6 is 11.3 Å². The molecule has 0 aliphatic carbocycles. The van der Waals surface area contributed by atoms with Gasteiger partial charge in [0.1, 0.15) is 0 Å². The van der Waals surface area contributed by atoms with Crippen LogP contribution in [0.25, 0.3) is 65.1 Å². The summed E-state index contributed by atoms with van der Waals surface area (Å²) in [7, 11) is 0. The molecule has 3 heteroatoms. The summed E-state index contributed by atoms with van der Waals surface area (Å²) in [5, 5.41) is 2.54. The minimum absolute atomic E-state index is 0.751. The van der Waals surface area contributed by atoms with E-state index in [1.165, 1.54) is 42.4 Å². The summed E-state index contributed by atoms with van der Waals surface area (Å²) in [5.74, 6) is 0.751. The quantitative estimate of drug-likeness (QED) is 0.245. The number of aromatic nitrogens is 2. The first-order valence-electron chi connectivity index (χ1n) is 12.3. The van der Waals surface area contributed by atoms with Gasteiger partial charge in [0.25, 0.3) is 0 Å². The van der Waals surface area contributed by atoms with Crippen LogP contribution < -0.4 is 0 Å². The number of nitrogens with zero attached hydrogens (tertiary/aromatic N) is 2. The van der Waals surface area contributed by atoms with Crippen molar-refractivity contribution in [3.8, 4) is 44.9 Å². The van der Waals surface area contributed by atoms with Crippen LogP contribution in [0.4, 0.5) is 0 Å². The Kier molecular flexibility index (Phi) is 5.34. The molecule has 0 saturated carbocycles. The smallest absolute Gasteiger partial charge is 0.161 e. The van der Waals surface area contributed by atoms with Crippen LogP contribution in [0.1, 0.15) is 0 Å². The zero-order chi connectivity index (χ0) is 24.6. The Morgan fingerprint density at radius 1 is 0.486 bits per heavy atom. The second kappa shape index (κ2) is 9.12. The lowest BCUT2D eigenvalue weighted by atomic mass is 9.95. The van der Waals surface area contributed by atoms with E-state index < -0.39 is 0 Å². The van der Waals surface area contributed by atoms with Crippen LogP contribution in [0.2, 0.25) is 0 Å². The number of rotatable bonds is 4. The van der Waals surface area contributed by atoms with Gasteiger partial charge in [0.2, 0.25) is 0 Å². The van der Waals surface area contributed by atoms with Crippen LogP contribution in [-0.4, -0.2) is 9.97 Å². The Balaban J connectivity index is 1.40. The van der Waals surface area contributed by atoms with E-state index in [1.54, 1.807) is 11.3 Å². The normalized spacial score (nSPS) is 11.2. The SMILES string of the molecule is c1ccc(-c2cc(-c3ccccc3)cc(-c3ccnc(-c4cccc5c4sc4ccccc45)n3)c2)cc1. The molecule has 0 amide bonds. The molecule has 2 nitrogen and oxygen atoms in total. The van der Waals surface area contributed by atoms with Crippen LogP contribution in [0.3, 0.4) is 0 Å². The first-order chi connectivity index (χ1) is 18.3. The van der Waals surface area contributed by atoms with Crippen molar-refractivity contribution in [2.24, 2.45) is 0 Å². The minimum Gasteiger partial charge on any atom is -0.236 e. The van der Waals surface area contributed by atoms with Crippen LogP contribution in [0.5, 0.6) is 0 Å². The molecule has 174 valence electrons. The molecule has 7 rings (SSSR count). The van der Waals surface area contributed by atoms with E-state index in [1.807, 2.05) is 12.3 Å². The van der Waals surface area contributed by atoms with Gasteiger partial charge < -0.3 is 0 Å². The predicted octanol–water partition coefficient (Wildman–Crippen LogP) is 9.51. The monoisotopic (exact) mass is 490 g/mol. The minimum atomic E-state index is 0.751. The summed E-state index contributed by atoms with van der Waals surface area (Å²) in [6, 6.07) is 44.8. The molecule has 0 aliphatic rings. The maximum atomic E-state index is 5.10. The molecule has 2 aromatic heterocycles. The molecular weight excluding hydrogens is 468 g/mol. The van der Waals surface area contributed by atoms with Gasteiger partial charge in [-0.05, 0) is 58.7 Å². The van der Waals surface area contributed by atoms with Gasteiger partial charge >= 0.3 is 0 Å². The molecule has 0 spiro atoms. The van der Waals surface area contributed by atoms with Crippen LogP contribution in [0.15, 0.2) is 134 Å². The summed E-state index contributed by atoms with van der Waals surface area (Å²) in [6.45, 7) is 0. The number of thiophene rings is 1. The Morgan fingerprint density at radius 2 is 1.11 bits per heavy atom. The molecule has 0 fully saturated rings. The van der Waals surface area contributed by atoms with Gasteiger partial charge in [0.05, 0.1) is 5.69 Å². The molecule has 0 aliphatic heterocycles. The fourth-order valence-electron chi connectivity index (χ4n) is 4.94. The number of fused-ring (bicyclic) bond motifs is 3. The summed E-state index contributed by atoms with van der Waals surface area (Å²) in [4.78, 5) is 9.81. The van der Waals surface area contributed by atoms with E-state index in [0.717, 1.165) is 22.6 Å². The highest BCUT2D eigenvalue weighted by molar-refractivity contribution is 7.26. The maximum Gasteiger partial charge on any atom is 0.161 e. The topological polar surface area (TPSA) is 25.8 Å². The van der Waals surface area contributed by atoms with Crippen LogP contribution in [-0.2, 0) is 0 Å². The van der Waals surface area contributed by atoms with E-state index in [9.17, 15) is 0 Å². The lowest BCUT2D eigenvalue weighted by Gasteiger charge is -2.11. The Morgan fingerprint density at radius 3 is 1.84 bits per heavy atom. The Hall–Kier alpha value is -4.60. The summed E-state index contributed by atoms with van der Waals surface area (Å²) < 4.78 is 2.51. The van der Waals surface area contributed by atoms with E-state index >= 15 is 0 Å². The second-order valence-corrected chi connectivity index (χ2v) is 10.1. The van der Waals surface area contributed by atoms with Crippen molar-refractivity contribution in [2.75, 3.05) is 0 Å². The van der Waals surface area contributed by atoms with E-state index in [4.69, 9.17) is 9.97 Å². The van der Waals surface area contributed by atoms with Gasteiger partial charge in [-0.15, -0.1) is 11.3 Å². The molecule has 7 aromatic rings. The molecule has 0 unspecified atom stereocenters. The highest BCUT2D eigenvalue weighted by Crippen LogP contribution is 2.39. The number of hydrogen-bond donors (Lipinski definition) is 0. The van der Waals surface area contributed by atoms with Gasteiger partial charge in [-0.25, -0.2) is 9.97 Å². The maximum absolute atomic E-state index is 5.10. The second-order valence-electron chi connectivity index (χ2n) is 9.08. The fourth-order valence-corrected chi connectivity index (χ4v) is 6.15. The molecule has 0 N–H and O–H groups in total. The average Bonchev–Trinajstić information content (AvgIpc) is 3.37. The highest BCUT2D eigenvalue weighted by atomic mass is 32.1. The molecule has 2 heterocycles. The van der Waals surface area contributed by atoms with Gasteiger partial charge in [-0.2, -0.15) is 0 Å². The lowest BCUT2D eigenvalue weighted by Crippen LogP contribution is -1.93. The lowest BCUT2D eigenvalue weighted by molar-refractivity contribution is 1.18. The third kappa shape index (κ3) is 4.00. The van der Waals surface area contributed by atoms with E-state index in [2.05, 4.69) is 121 Å². The summed E-state index contributed by atoms with van der Waals surface area (Å²) in [6.07, 6.45) is 1.88. The molecular formula is C34H22N2S. The van der Waals surface area contributed by atoms with Crippen molar-refractivity contribution in [3.63, 3.8) is 0 Å². The molecule has 0 saturated heterocycles. The summed E-state index contributed by atoms with van der Waals surface area (Å²) in [5.41, 5.74) is 7.78. The summed E-state index contributed by atoms with van der Waals surface area (Å²) >= 11 is 1.80. The Labute approximate surface area is 219 Å². The predicted molar refractivity (Wildman–Crippen MR) is 157 cm³/mol. The first-order valence-corrected chi connectivity index (χ1v) is 13.2. The van der Waals surface area contributed by atoms with Gasteiger partial charge in [0, 0.05) is 37.5 Å². The van der Waals surface area contributed by atoms with Crippen molar-refractivity contribution in [1.82, 2.24) is 9.97 Å². The average molecular weight is 491 g/mol. The highest BCUT2D eigenvalue weighted by Gasteiger charge is 2.14. The third-order valence-electron chi connectivity index (χ3n) is 6.74. The van der Waals surface area contributed by atoms with Crippen molar-refractivity contribution in [3.05, 3.63) is 134 Å². The molecule has 37 heavy (non-hydrogen) atoms. The molecule has 0 atom stereocenters. The number of benzene rings is 5. The van der Waals surface area contributed by atoms with E-state index in [-0.39, 0.29) is 0 Å². The van der Waals surface area contributed by atoms with Crippen molar-refractivity contribution >= 4 is 31.5 Å². The first kappa shape index (κ1) is 21.7. The largest absolute Gasteiger partial charge is 0.236 e. The Bertz CT molecular complexity index is 1810.